The summed E-state index contributed by atoms with van der Waals surface area (Å²) in [5.74, 6) is 0.822. The Morgan fingerprint density at radius 3 is 3.21 bits per heavy atom. The van der Waals surface area contributed by atoms with Gasteiger partial charge < -0.3 is 9.72 Å². The molecule has 1 aliphatic rings. The largest absolute Gasteiger partial charge is 0.491 e. The van der Waals surface area contributed by atoms with Crippen molar-refractivity contribution in [1.29, 1.82) is 0 Å². The van der Waals surface area contributed by atoms with Crippen molar-refractivity contribution in [3.05, 3.63) is 52.8 Å². The molecule has 1 aliphatic heterocycles. The summed E-state index contributed by atoms with van der Waals surface area (Å²) in [6.07, 6.45) is 3.04. The number of rotatable bonds is 1. The lowest BCUT2D eigenvalue weighted by atomic mass is 10.1. The Labute approximate surface area is 107 Å². The summed E-state index contributed by atoms with van der Waals surface area (Å²) < 4.78 is 7.25. The molecule has 19 heavy (non-hydrogen) atoms. The van der Waals surface area contributed by atoms with Crippen LogP contribution in [0.4, 0.5) is 0 Å². The molecule has 6 heteroatoms. The summed E-state index contributed by atoms with van der Waals surface area (Å²) in [6.45, 7) is 0.441. The first-order chi connectivity index (χ1) is 9.34. The van der Waals surface area contributed by atoms with Gasteiger partial charge in [0.1, 0.15) is 30.2 Å². The Balaban J connectivity index is 1.98. The molecule has 1 atom stereocenters. The van der Waals surface area contributed by atoms with Crippen LogP contribution in [0.2, 0.25) is 0 Å². The monoisotopic (exact) mass is 254 g/mol. The van der Waals surface area contributed by atoms with Crippen molar-refractivity contribution in [2.75, 3.05) is 6.61 Å². The lowest BCUT2D eigenvalue weighted by molar-refractivity contribution is 0.316. The Morgan fingerprint density at radius 2 is 2.26 bits per heavy atom. The molecule has 94 valence electrons. The van der Waals surface area contributed by atoms with Gasteiger partial charge in [-0.2, -0.15) is 0 Å². The minimum absolute atomic E-state index is 0.146. The zero-order valence-electron chi connectivity index (χ0n) is 9.91. The van der Waals surface area contributed by atoms with Crippen molar-refractivity contribution in [2.24, 2.45) is 0 Å². The molecule has 0 spiro atoms. The van der Waals surface area contributed by atoms with Crippen molar-refractivity contribution in [2.45, 2.75) is 6.04 Å². The van der Waals surface area contributed by atoms with E-state index < -0.39 is 0 Å². The lowest BCUT2D eigenvalue weighted by Crippen LogP contribution is -2.24. The first-order valence-corrected chi connectivity index (χ1v) is 5.96. The number of ether oxygens (including phenoxy) is 1. The van der Waals surface area contributed by atoms with Gasteiger partial charge in [0.25, 0.3) is 0 Å². The fourth-order valence-corrected chi connectivity index (χ4v) is 2.52. The molecule has 0 amide bonds. The van der Waals surface area contributed by atoms with Gasteiger partial charge >= 0.3 is 5.69 Å². The van der Waals surface area contributed by atoms with E-state index in [2.05, 4.69) is 15.0 Å². The third-order valence-electron chi connectivity index (χ3n) is 3.37. The predicted octanol–water partition coefficient (Wildman–Crippen LogP) is 1.10. The van der Waals surface area contributed by atoms with Crippen LogP contribution in [0.1, 0.15) is 11.6 Å². The summed E-state index contributed by atoms with van der Waals surface area (Å²) in [4.78, 5) is 23.0. The molecule has 0 radical (unpaired) electrons. The normalized spacial score (nSPS) is 17.4. The Hall–Kier alpha value is -2.63. The van der Waals surface area contributed by atoms with Gasteiger partial charge in [0.2, 0.25) is 0 Å². The number of H-pyrrole nitrogens is 1. The zero-order chi connectivity index (χ0) is 12.8. The van der Waals surface area contributed by atoms with Gasteiger partial charge in [-0.3, -0.25) is 4.57 Å². The Kier molecular flexibility index (Phi) is 2.00. The van der Waals surface area contributed by atoms with E-state index in [0.717, 1.165) is 11.3 Å². The fourth-order valence-electron chi connectivity index (χ4n) is 2.52. The van der Waals surface area contributed by atoms with Gasteiger partial charge in [0.15, 0.2) is 5.65 Å². The molecule has 0 bridgehead atoms. The van der Waals surface area contributed by atoms with Crippen LogP contribution in [-0.2, 0) is 0 Å². The molecule has 0 aliphatic carbocycles. The molecular weight excluding hydrogens is 244 g/mol. The summed E-state index contributed by atoms with van der Waals surface area (Å²) in [5.41, 5.74) is 2.05. The number of imidazole rings is 1. The van der Waals surface area contributed by atoms with Gasteiger partial charge in [-0.15, -0.1) is 0 Å². The van der Waals surface area contributed by atoms with Gasteiger partial charge in [0, 0.05) is 5.56 Å². The second-order valence-corrected chi connectivity index (χ2v) is 4.42. The maximum Gasteiger partial charge on any atom is 0.328 e. The van der Waals surface area contributed by atoms with E-state index in [1.807, 2.05) is 24.3 Å². The van der Waals surface area contributed by atoms with Crippen LogP contribution in [0, 0.1) is 0 Å². The minimum Gasteiger partial charge on any atom is -0.491 e. The minimum atomic E-state index is -0.194. The second kappa shape index (κ2) is 3.68. The fraction of sp³-hybridized carbons (Fsp3) is 0.154. The number of nitrogens with zero attached hydrogens (tertiary/aromatic N) is 3. The molecule has 0 fully saturated rings. The lowest BCUT2D eigenvalue weighted by Gasteiger charge is -2.09. The summed E-state index contributed by atoms with van der Waals surface area (Å²) in [7, 11) is 0. The van der Waals surface area contributed by atoms with Gasteiger partial charge in [-0.25, -0.2) is 14.8 Å². The molecule has 3 heterocycles. The van der Waals surface area contributed by atoms with Crippen LogP contribution in [0.15, 0.2) is 41.6 Å². The van der Waals surface area contributed by atoms with E-state index in [4.69, 9.17) is 4.74 Å². The molecule has 1 aromatic carbocycles. The smallest absolute Gasteiger partial charge is 0.328 e. The molecular formula is C13H10N4O2. The summed E-state index contributed by atoms with van der Waals surface area (Å²) in [6, 6.07) is 7.59. The summed E-state index contributed by atoms with van der Waals surface area (Å²) in [5, 5.41) is 0. The highest BCUT2D eigenvalue weighted by Gasteiger charge is 2.28. The molecule has 4 rings (SSSR count). The summed E-state index contributed by atoms with van der Waals surface area (Å²) >= 11 is 0. The first-order valence-electron chi connectivity index (χ1n) is 5.96. The molecule has 0 saturated heterocycles. The van der Waals surface area contributed by atoms with Crippen LogP contribution in [0.3, 0.4) is 0 Å². The first kappa shape index (κ1) is 10.3. The second-order valence-electron chi connectivity index (χ2n) is 4.42. The van der Waals surface area contributed by atoms with E-state index in [9.17, 15) is 4.79 Å². The van der Waals surface area contributed by atoms with Crippen molar-refractivity contribution >= 4 is 11.2 Å². The number of hydrogen-bond donors (Lipinski definition) is 1. The standard InChI is InChI=1S/C13H10N4O2/c18-13-16-9-5-14-7-15-12(9)17(13)10-6-19-11-4-2-1-3-8(10)11/h1-5,7,10H,6H2,(H,16,18). The van der Waals surface area contributed by atoms with Gasteiger partial charge in [-0.05, 0) is 6.07 Å². The zero-order valence-corrected chi connectivity index (χ0v) is 9.91. The van der Waals surface area contributed by atoms with Crippen LogP contribution >= 0.6 is 0 Å². The average Bonchev–Trinajstić information content (AvgIpc) is 2.98. The van der Waals surface area contributed by atoms with Crippen LogP contribution in [0.5, 0.6) is 5.75 Å². The number of para-hydroxylation sites is 1. The van der Waals surface area contributed by atoms with E-state index in [1.54, 1.807) is 10.8 Å². The molecule has 0 saturated carbocycles. The number of hydrogen-bond acceptors (Lipinski definition) is 4. The van der Waals surface area contributed by atoms with E-state index in [0.29, 0.717) is 17.8 Å². The quantitative estimate of drug-likeness (QED) is 0.705. The molecule has 6 nitrogen and oxygen atoms in total. The van der Waals surface area contributed by atoms with Crippen LogP contribution in [0.25, 0.3) is 11.2 Å². The number of benzene rings is 1. The Morgan fingerprint density at radius 1 is 1.37 bits per heavy atom. The molecule has 2 aromatic heterocycles. The maximum atomic E-state index is 12.1. The number of fused-ring (bicyclic) bond motifs is 2. The van der Waals surface area contributed by atoms with Crippen molar-refractivity contribution in [1.82, 2.24) is 19.5 Å². The van der Waals surface area contributed by atoms with Crippen molar-refractivity contribution in [3.63, 3.8) is 0 Å². The number of aromatic nitrogens is 4. The topological polar surface area (TPSA) is 72.8 Å². The van der Waals surface area contributed by atoms with Gasteiger partial charge in [0.05, 0.1) is 6.20 Å². The van der Waals surface area contributed by atoms with E-state index >= 15 is 0 Å². The van der Waals surface area contributed by atoms with E-state index in [1.165, 1.54) is 6.33 Å². The van der Waals surface area contributed by atoms with Crippen molar-refractivity contribution in [3.8, 4) is 5.75 Å². The average molecular weight is 254 g/mol. The Bertz CT molecular complexity index is 821. The third-order valence-corrected chi connectivity index (χ3v) is 3.37. The highest BCUT2D eigenvalue weighted by molar-refractivity contribution is 5.69. The highest BCUT2D eigenvalue weighted by atomic mass is 16.5. The predicted molar refractivity (Wildman–Crippen MR) is 68.2 cm³/mol. The molecule has 3 aromatic rings. The van der Waals surface area contributed by atoms with Crippen LogP contribution < -0.4 is 10.4 Å². The third kappa shape index (κ3) is 1.40. The highest BCUT2D eigenvalue weighted by Crippen LogP contribution is 2.34. The number of nitrogens with one attached hydrogen (secondary N) is 1. The van der Waals surface area contributed by atoms with Crippen molar-refractivity contribution < 1.29 is 4.74 Å². The molecule has 1 N–H and O–H groups in total. The van der Waals surface area contributed by atoms with Gasteiger partial charge in [-0.1, -0.05) is 18.2 Å². The molecule has 1 unspecified atom stereocenters. The number of aromatic amines is 1. The SMILES string of the molecule is O=c1[nH]c2cncnc2n1C1COc2ccccc21. The van der Waals surface area contributed by atoms with E-state index in [-0.39, 0.29) is 11.7 Å². The maximum absolute atomic E-state index is 12.1. The van der Waals surface area contributed by atoms with Crippen LogP contribution in [-0.4, -0.2) is 26.1 Å².